The number of carbonyl (C=O) groups is 1. The second-order valence-corrected chi connectivity index (χ2v) is 10.1. The maximum atomic E-state index is 13.7. The van der Waals surface area contributed by atoms with E-state index in [0.717, 1.165) is 13.1 Å². The molecule has 0 unspecified atom stereocenters. The van der Waals surface area contributed by atoms with Crippen LogP contribution in [-0.2, 0) is 4.79 Å². The molecule has 2 heterocycles. The Hall–Kier alpha value is -4.70. The van der Waals surface area contributed by atoms with Gasteiger partial charge in [0.15, 0.2) is 28.4 Å². The van der Waals surface area contributed by atoms with Crippen LogP contribution in [0.5, 0.6) is 28.7 Å². The highest BCUT2D eigenvalue weighted by Crippen LogP contribution is 2.50. The number of benzene rings is 3. The summed E-state index contributed by atoms with van der Waals surface area (Å²) in [6.45, 7) is 2.51. The summed E-state index contributed by atoms with van der Waals surface area (Å²) in [6.07, 6.45) is -0.120. The number of ether oxygens (including phenoxy) is 2. The van der Waals surface area contributed by atoms with E-state index < -0.39 is 28.6 Å². The quantitative estimate of drug-likeness (QED) is 0.288. The van der Waals surface area contributed by atoms with Gasteiger partial charge in [0, 0.05) is 55.7 Å². The standard InChI is InChI=1S/C31H32N2O8/c1-32-11-13-33(14-12-32)25(35)16-20(19-9-10-22(39-2)24(15-19)40-3)26-28(36)30(38)29(37)27-21(34)17-23(41-31(26)27)18-7-5-4-6-8-18/h4-10,15,17,20,36-38H,11-14,16H2,1-3H3/t20-/m1/s1. The van der Waals surface area contributed by atoms with Crippen molar-refractivity contribution in [1.29, 1.82) is 0 Å². The molecule has 0 bridgehead atoms. The van der Waals surface area contributed by atoms with Crippen LogP contribution >= 0.6 is 0 Å². The van der Waals surface area contributed by atoms with E-state index >= 15 is 0 Å². The molecule has 1 amide bonds. The van der Waals surface area contributed by atoms with Crippen molar-refractivity contribution >= 4 is 16.9 Å². The Bertz CT molecular complexity index is 1640. The fourth-order valence-corrected chi connectivity index (χ4v) is 5.26. The summed E-state index contributed by atoms with van der Waals surface area (Å²) >= 11 is 0. The van der Waals surface area contributed by atoms with Crippen LogP contribution in [-0.4, -0.2) is 78.5 Å². The zero-order valence-electron chi connectivity index (χ0n) is 23.1. The molecule has 0 spiro atoms. The lowest BCUT2D eigenvalue weighted by molar-refractivity contribution is -0.133. The number of nitrogens with zero attached hydrogens (tertiary/aromatic N) is 2. The number of hydrogen-bond acceptors (Lipinski definition) is 9. The highest BCUT2D eigenvalue weighted by atomic mass is 16.5. The van der Waals surface area contributed by atoms with Crippen molar-refractivity contribution in [3.8, 4) is 40.1 Å². The van der Waals surface area contributed by atoms with Gasteiger partial charge in [-0.25, -0.2) is 0 Å². The molecule has 10 heteroatoms. The van der Waals surface area contributed by atoms with Crippen molar-refractivity contribution in [3.63, 3.8) is 0 Å². The minimum atomic E-state index is -0.898. The number of fused-ring (bicyclic) bond motifs is 1. The summed E-state index contributed by atoms with van der Waals surface area (Å²) in [7, 11) is 4.98. The van der Waals surface area contributed by atoms with Gasteiger partial charge < -0.3 is 39.0 Å². The van der Waals surface area contributed by atoms with Gasteiger partial charge in [0.1, 0.15) is 16.7 Å². The Balaban J connectivity index is 1.75. The summed E-state index contributed by atoms with van der Waals surface area (Å²) in [5.41, 5.74) is 0.394. The summed E-state index contributed by atoms with van der Waals surface area (Å²) < 4.78 is 17.1. The second-order valence-electron chi connectivity index (χ2n) is 10.1. The average Bonchev–Trinajstić information content (AvgIpc) is 2.99. The molecule has 1 aromatic heterocycles. The number of carbonyl (C=O) groups excluding carboxylic acids is 1. The van der Waals surface area contributed by atoms with Crippen LogP contribution in [0.2, 0.25) is 0 Å². The number of aromatic hydroxyl groups is 3. The van der Waals surface area contributed by atoms with Crippen LogP contribution in [0.1, 0.15) is 23.5 Å². The Morgan fingerprint density at radius 2 is 1.59 bits per heavy atom. The van der Waals surface area contributed by atoms with Gasteiger partial charge in [-0.15, -0.1) is 0 Å². The maximum absolute atomic E-state index is 13.7. The molecule has 1 atom stereocenters. The molecule has 1 aliphatic heterocycles. The Labute approximate surface area is 236 Å². The Morgan fingerprint density at radius 3 is 2.24 bits per heavy atom. The number of hydrogen-bond donors (Lipinski definition) is 3. The molecule has 3 aromatic carbocycles. The molecule has 0 saturated carbocycles. The minimum absolute atomic E-state index is 0.000112. The number of phenols is 3. The molecule has 41 heavy (non-hydrogen) atoms. The molecule has 214 valence electrons. The van der Waals surface area contributed by atoms with Crippen molar-refractivity contribution in [2.24, 2.45) is 0 Å². The number of phenolic OH excluding ortho intramolecular Hbond substituents is 3. The van der Waals surface area contributed by atoms with E-state index in [4.69, 9.17) is 13.9 Å². The monoisotopic (exact) mass is 560 g/mol. The van der Waals surface area contributed by atoms with Crippen LogP contribution < -0.4 is 14.9 Å². The molecule has 1 fully saturated rings. The largest absolute Gasteiger partial charge is 0.504 e. The number of piperazine rings is 1. The lowest BCUT2D eigenvalue weighted by atomic mass is 9.85. The third kappa shape index (κ3) is 5.26. The summed E-state index contributed by atoms with van der Waals surface area (Å²) in [4.78, 5) is 30.9. The maximum Gasteiger partial charge on any atom is 0.223 e. The van der Waals surface area contributed by atoms with Crippen LogP contribution in [0.25, 0.3) is 22.3 Å². The van der Waals surface area contributed by atoms with E-state index in [-0.39, 0.29) is 34.6 Å². The fourth-order valence-electron chi connectivity index (χ4n) is 5.26. The SMILES string of the molecule is COc1ccc([C@@H](CC(=O)N2CCN(C)CC2)c2c(O)c(O)c(O)c3c(=O)cc(-c4ccccc4)oc23)cc1OC. The van der Waals surface area contributed by atoms with Crippen molar-refractivity contribution in [2.75, 3.05) is 47.4 Å². The summed E-state index contributed by atoms with van der Waals surface area (Å²) in [5, 5.41) is 32.5. The zero-order chi connectivity index (χ0) is 29.3. The van der Waals surface area contributed by atoms with Crippen LogP contribution in [0.15, 0.2) is 63.8 Å². The average molecular weight is 561 g/mol. The fraction of sp³-hybridized carbons (Fsp3) is 0.290. The lowest BCUT2D eigenvalue weighted by Crippen LogP contribution is -2.47. The number of likely N-dealkylation sites (N-methyl/N-ethyl adjacent to an activating group) is 1. The predicted octanol–water partition coefficient (Wildman–Crippen LogP) is 3.89. The molecule has 1 aliphatic rings. The third-order valence-corrected chi connectivity index (χ3v) is 7.58. The Morgan fingerprint density at radius 1 is 0.902 bits per heavy atom. The van der Waals surface area contributed by atoms with E-state index in [1.165, 1.54) is 20.3 Å². The predicted molar refractivity (Wildman–Crippen MR) is 153 cm³/mol. The van der Waals surface area contributed by atoms with Gasteiger partial charge in [0.05, 0.1) is 14.2 Å². The van der Waals surface area contributed by atoms with E-state index in [2.05, 4.69) is 4.90 Å². The molecular weight excluding hydrogens is 528 g/mol. The van der Waals surface area contributed by atoms with Crippen molar-refractivity contribution in [3.05, 3.63) is 75.9 Å². The van der Waals surface area contributed by atoms with E-state index in [1.54, 1.807) is 47.4 Å². The van der Waals surface area contributed by atoms with Crippen LogP contribution in [0, 0.1) is 0 Å². The van der Waals surface area contributed by atoms with Crippen molar-refractivity contribution < 1.29 is 34.0 Å². The zero-order valence-corrected chi connectivity index (χ0v) is 23.1. The first-order valence-electron chi connectivity index (χ1n) is 13.2. The topological polar surface area (TPSA) is 133 Å². The van der Waals surface area contributed by atoms with Crippen LogP contribution in [0.4, 0.5) is 0 Å². The van der Waals surface area contributed by atoms with Gasteiger partial charge in [0.25, 0.3) is 0 Å². The number of methoxy groups -OCH3 is 2. The van der Waals surface area contributed by atoms with Crippen LogP contribution in [0.3, 0.4) is 0 Å². The summed E-state index contributed by atoms with van der Waals surface area (Å²) in [5.74, 6) is -2.39. The number of amides is 1. The van der Waals surface area contributed by atoms with Gasteiger partial charge in [0.2, 0.25) is 11.7 Å². The second kappa shape index (κ2) is 11.4. The number of rotatable bonds is 7. The van der Waals surface area contributed by atoms with E-state index in [0.29, 0.717) is 35.7 Å². The molecule has 1 saturated heterocycles. The third-order valence-electron chi connectivity index (χ3n) is 7.58. The van der Waals surface area contributed by atoms with E-state index in [9.17, 15) is 24.9 Å². The van der Waals surface area contributed by atoms with Gasteiger partial charge in [-0.1, -0.05) is 36.4 Å². The molecule has 0 radical (unpaired) electrons. The van der Waals surface area contributed by atoms with Gasteiger partial charge >= 0.3 is 0 Å². The van der Waals surface area contributed by atoms with Crippen molar-refractivity contribution in [2.45, 2.75) is 12.3 Å². The molecule has 3 N–H and O–H groups in total. The highest BCUT2D eigenvalue weighted by molar-refractivity contribution is 5.94. The molecule has 0 aliphatic carbocycles. The smallest absolute Gasteiger partial charge is 0.223 e. The van der Waals surface area contributed by atoms with Gasteiger partial charge in [-0.05, 0) is 24.7 Å². The van der Waals surface area contributed by atoms with Gasteiger partial charge in [-0.2, -0.15) is 0 Å². The molecule has 10 nitrogen and oxygen atoms in total. The molecule has 5 rings (SSSR count). The Kier molecular flexibility index (Phi) is 7.76. The molecule has 4 aromatic rings. The normalized spacial score (nSPS) is 14.7. The highest BCUT2D eigenvalue weighted by Gasteiger charge is 2.33. The minimum Gasteiger partial charge on any atom is -0.504 e. The van der Waals surface area contributed by atoms with Crippen molar-refractivity contribution in [1.82, 2.24) is 9.80 Å². The first-order valence-corrected chi connectivity index (χ1v) is 13.2. The van der Waals surface area contributed by atoms with E-state index in [1.807, 2.05) is 13.1 Å². The first-order chi connectivity index (χ1) is 19.7. The summed E-state index contributed by atoms with van der Waals surface area (Å²) in [6, 6.07) is 15.2. The van der Waals surface area contributed by atoms with Gasteiger partial charge in [-0.3, -0.25) is 9.59 Å². The molecular formula is C31H32N2O8. The lowest BCUT2D eigenvalue weighted by Gasteiger charge is -2.33. The first kappa shape index (κ1) is 27.9.